The lowest BCUT2D eigenvalue weighted by Crippen LogP contribution is -2.25. The molecule has 0 aliphatic rings. The summed E-state index contributed by atoms with van der Waals surface area (Å²) in [7, 11) is 0. The second kappa shape index (κ2) is 8.98. The number of aryl methyl sites for hydroxylation is 2. The Hall–Kier alpha value is -3.35. The van der Waals surface area contributed by atoms with Gasteiger partial charge in [-0.1, -0.05) is 25.1 Å². The van der Waals surface area contributed by atoms with Crippen LogP contribution in [0.4, 0.5) is 8.78 Å². The Bertz CT molecular complexity index is 1170. The van der Waals surface area contributed by atoms with E-state index in [4.69, 9.17) is 0 Å². The van der Waals surface area contributed by atoms with Gasteiger partial charge < -0.3 is 14.5 Å². The normalized spacial score (nSPS) is 12.1. The van der Waals surface area contributed by atoms with Crippen LogP contribution in [0.5, 0.6) is 0 Å². The standard InChI is InChI=1S/C23H21F2NO4/c1-2-19(23(29)30)26-16(8-7-15-4-3-5-18(24)22(15)25)13-21(28)17-9-6-14(10-11-27)12-20(17)26/h3-6,9,11-13,19H,2,7-8,10H2,1H3,(H,29,30). The maximum absolute atomic E-state index is 14.1. The third kappa shape index (κ3) is 4.15. The number of hydrogen-bond donors (Lipinski definition) is 1. The molecule has 0 amide bonds. The highest BCUT2D eigenvalue weighted by atomic mass is 19.2. The average Bonchev–Trinajstić information content (AvgIpc) is 2.71. The smallest absolute Gasteiger partial charge is 0.326 e. The lowest BCUT2D eigenvalue weighted by atomic mass is 10.0. The van der Waals surface area contributed by atoms with Gasteiger partial charge in [-0.25, -0.2) is 13.6 Å². The van der Waals surface area contributed by atoms with Crippen LogP contribution in [0.2, 0.25) is 0 Å². The van der Waals surface area contributed by atoms with Gasteiger partial charge in [0.1, 0.15) is 12.3 Å². The molecule has 1 N–H and O–H groups in total. The van der Waals surface area contributed by atoms with Crippen LogP contribution < -0.4 is 5.43 Å². The van der Waals surface area contributed by atoms with E-state index >= 15 is 0 Å². The number of carbonyl (C=O) groups excluding carboxylic acids is 1. The first kappa shape index (κ1) is 21.4. The van der Waals surface area contributed by atoms with E-state index in [1.54, 1.807) is 29.7 Å². The van der Waals surface area contributed by atoms with E-state index in [1.165, 1.54) is 18.2 Å². The van der Waals surface area contributed by atoms with Crippen LogP contribution in [-0.2, 0) is 28.9 Å². The Morgan fingerprint density at radius 1 is 1.17 bits per heavy atom. The van der Waals surface area contributed by atoms with Crippen LogP contribution >= 0.6 is 0 Å². The molecular formula is C23H21F2NO4. The van der Waals surface area contributed by atoms with Crippen LogP contribution in [-0.4, -0.2) is 21.9 Å². The lowest BCUT2D eigenvalue weighted by Gasteiger charge is -2.23. The lowest BCUT2D eigenvalue weighted by molar-refractivity contribution is -0.141. The highest BCUT2D eigenvalue weighted by Gasteiger charge is 2.23. The van der Waals surface area contributed by atoms with Gasteiger partial charge in [-0.2, -0.15) is 0 Å². The molecule has 0 saturated carbocycles. The van der Waals surface area contributed by atoms with Crippen molar-refractivity contribution in [3.63, 3.8) is 0 Å². The van der Waals surface area contributed by atoms with Gasteiger partial charge >= 0.3 is 5.97 Å². The number of carbonyl (C=O) groups is 2. The molecule has 0 fully saturated rings. The van der Waals surface area contributed by atoms with Gasteiger partial charge in [-0.05, 0) is 48.6 Å². The highest BCUT2D eigenvalue weighted by molar-refractivity contribution is 5.83. The van der Waals surface area contributed by atoms with E-state index in [2.05, 4.69) is 0 Å². The molecule has 1 aromatic heterocycles. The molecule has 1 atom stereocenters. The first-order valence-corrected chi connectivity index (χ1v) is 9.63. The SMILES string of the molecule is CCC(C(=O)O)n1c(CCc2cccc(F)c2F)cc(=O)c2ccc(CC=O)cc21. The number of fused-ring (bicyclic) bond motifs is 1. The second-order valence-corrected chi connectivity index (χ2v) is 7.07. The minimum Gasteiger partial charge on any atom is -0.480 e. The number of rotatable bonds is 8. The van der Waals surface area contributed by atoms with Gasteiger partial charge in [0, 0.05) is 23.6 Å². The van der Waals surface area contributed by atoms with Gasteiger partial charge in [-0.15, -0.1) is 0 Å². The zero-order valence-corrected chi connectivity index (χ0v) is 16.4. The summed E-state index contributed by atoms with van der Waals surface area (Å²) >= 11 is 0. The number of aromatic nitrogens is 1. The van der Waals surface area contributed by atoms with Gasteiger partial charge in [0.25, 0.3) is 0 Å². The molecule has 0 bridgehead atoms. The molecule has 156 valence electrons. The molecule has 0 aliphatic carbocycles. The van der Waals surface area contributed by atoms with Gasteiger partial charge in [0.15, 0.2) is 17.1 Å². The van der Waals surface area contributed by atoms with E-state index in [9.17, 15) is 28.3 Å². The summed E-state index contributed by atoms with van der Waals surface area (Å²) in [5, 5.41) is 10.1. The van der Waals surface area contributed by atoms with E-state index in [1.807, 2.05) is 0 Å². The maximum Gasteiger partial charge on any atom is 0.326 e. The van der Waals surface area contributed by atoms with Crippen LogP contribution in [0.15, 0.2) is 47.3 Å². The highest BCUT2D eigenvalue weighted by Crippen LogP contribution is 2.24. The topological polar surface area (TPSA) is 76.4 Å². The third-order valence-corrected chi connectivity index (χ3v) is 5.18. The fourth-order valence-corrected chi connectivity index (χ4v) is 3.69. The molecular weight excluding hydrogens is 392 g/mol. The predicted octanol–water partition coefficient (Wildman–Crippen LogP) is 3.84. The molecule has 2 aromatic carbocycles. The van der Waals surface area contributed by atoms with Crippen LogP contribution in [0.1, 0.15) is 36.2 Å². The molecule has 0 spiro atoms. The quantitative estimate of drug-likeness (QED) is 0.570. The van der Waals surface area contributed by atoms with Crippen molar-refractivity contribution in [2.45, 2.75) is 38.6 Å². The number of hydrogen-bond acceptors (Lipinski definition) is 3. The molecule has 3 aromatic rings. The van der Waals surface area contributed by atoms with Gasteiger partial charge in [0.2, 0.25) is 0 Å². The number of aldehydes is 1. The summed E-state index contributed by atoms with van der Waals surface area (Å²) in [5.41, 5.74) is 1.32. The molecule has 0 aliphatic heterocycles. The largest absolute Gasteiger partial charge is 0.480 e. The van der Waals surface area contributed by atoms with Crippen molar-refractivity contribution in [2.75, 3.05) is 0 Å². The van der Waals surface area contributed by atoms with Crippen molar-refractivity contribution in [1.29, 1.82) is 0 Å². The van der Waals surface area contributed by atoms with Crippen molar-refractivity contribution in [3.05, 3.63) is 81.1 Å². The van der Waals surface area contributed by atoms with Crippen molar-refractivity contribution in [2.24, 2.45) is 0 Å². The predicted molar refractivity (Wildman–Crippen MR) is 109 cm³/mol. The summed E-state index contributed by atoms with van der Waals surface area (Å²) in [6.07, 6.45) is 1.36. The Kier molecular flexibility index (Phi) is 6.40. The summed E-state index contributed by atoms with van der Waals surface area (Å²) in [6, 6.07) is 9.16. The first-order chi connectivity index (χ1) is 14.4. The Labute approximate surface area is 171 Å². The maximum atomic E-state index is 14.1. The molecule has 7 heteroatoms. The van der Waals surface area contributed by atoms with Crippen molar-refractivity contribution in [3.8, 4) is 0 Å². The fraction of sp³-hybridized carbons (Fsp3) is 0.261. The van der Waals surface area contributed by atoms with Crippen LogP contribution in [0, 0.1) is 11.6 Å². The molecule has 0 saturated heterocycles. The van der Waals surface area contributed by atoms with Crippen LogP contribution in [0.25, 0.3) is 10.9 Å². The van der Waals surface area contributed by atoms with Crippen molar-refractivity contribution in [1.82, 2.24) is 4.57 Å². The monoisotopic (exact) mass is 413 g/mol. The van der Waals surface area contributed by atoms with E-state index in [0.717, 1.165) is 12.4 Å². The summed E-state index contributed by atoms with van der Waals surface area (Å²) in [4.78, 5) is 35.5. The minimum absolute atomic E-state index is 0.0959. The number of carboxylic acid groups (broad SMARTS) is 1. The van der Waals surface area contributed by atoms with Gasteiger partial charge in [0.05, 0.1) is 5.52 Å². The molecule has 5 nitrogen and oxygen atoms in total. The number of nitrogens with zero attached hydrogens (tertiary/aromatic N) is 1. The fourth-order valence-electron chi connectivity index (χ4n) is 3.69. The Morgan fingerprint density at radius 2 is 1.93 bits per heavy atom. The zero-order valence-electron chi connectivity index (χ0n) is 16.4. The number of benzene rings is 2. The Balaban J connectivity index is 2.18. The number of halogens is 2. The second-order valence-electron chi connectivity index (χ2n) is 7.07. The summed E-state index contributed by atoms with van der Waals surface area (Å²) < 4.78 is 29.1. The third-order valence-electron chi connectivity index (χ3n) is 5.18. The summed E-state index contributed by atoms with van der Waals surface area (Å²) in [5.74, 6) is -2.98. The zero-order chi connectivity index (χ0) is 21.8. The first-order valence-electron chi connectivity index (χ1n) is 9.63. The number of aliphatic carboxylic acids is 1. The number of carboxylic acids is 1. The molecule has 1 heterocycles. The van der Waals surface area contributed by atoms with Gasteiger partial charge in [-0.3, -0.25) is 4.79 Å². The van der Waals surface area contributed by atoms with Crippen LogP contribution in [0.3, 0.4) is 0 Å². The Morgan fingerprint density at radius 3 is 2.60 bits per heavy atom. The summed E-state index contributed by atoms with van der Waals surface area (Å²) in [6.45, 7) is 1.72. The molecule has 3 rings (SSSR count). The van der Waals surface area contributed by atoms with Crippen molar-refractivity contribution >= 4 is 23.2 Å². The van der Waals surface area contributed by atoms with E-state index < -0.39 is 23.6 Å². The minimum atomic E-state index is -1.07. The molecule has 1 unspecified atom stereocenters. The number of pyridine rings is 1. The van der Waals surface area contributed by atoms with Crippen molar-refractivity contribution < 1.29 is 23.5 Å². The molecule has 30 heavy (non-hydrogen) atoms. The van der Waals surface area contributed by atoms with E-state index in [-0.39, 0.29) is 36.7 Å². The average molecular weight is 413 g/mol. The van der Waals surface area contributed by atoms with E-state index in [0.29, 0.717) is 22.2 Å². The molecule has 0 radical (unpaired) electrons.